The van der Waals surface area contributed by atoms with Crippen molar-refractivity contribution in [3.63, 3.8) is 0 Å². The first-order chi connectivity index (χ1) is 13.9. The van der Waals surface area contributed by atoms with Crippen molar-refractivity contribution in [3.8, 4) is 11.4 Å². The Kier molecular flexibility index (Phi) is 5.97. The van der Waals surface area contributed by atoms with Crippen molar-refractivity contribution < 1.29 is 0 Å². The van der Waals surface area contributed by atoms with Crippen molar-refractivity contribution in [2.24, 2.45) is 0 Å². The molecule has 0 spiro atoms. The highest BCUT2D eigenvalue weighted by atomic mass is 15.0. The van der Waals surface area contributed by atoms with E-state index in [2.05, 4.69) is 81.1 Å². The molecule has 4 rings (SSSR count). The van der Waals surface area contributed by atoms with Crippen LogP contribution in [0.25, 0.3) is 11.4 Å². The number of nitrogens with one attached hydrogen (secondary N) is 2. The molecule has 0 atom stereocenters. The lowest BCUT2D eigenvalue weighted by Gasteiger charge is -2.09. The van der Waals surface area contributed by atoms with Crippen LogP contribution in [0.4, 0.5) is 0 Å². The molecule has 142 valence electrons. The van der Waals surface area contributed by atoms with Crippen LogP contribution >= 0.6 is 0 Å². The fourth-order valence-electron chi connectivity index (χ4n) is 3.13. The molecule has 0 aliphatic rings. The van der Waals surface area contributed by atoms with Gasteiger partial charge in [-0.05, 0) is 47.5 Å². The Balaban J connectivity index is 1.14. The zero-order valence-corrected chi connectivity index (χ0v) is 15.8. The van der Waals surface area contributed by atoms with Crippen molar-refractivity contribution in [3.05, 3.63) is 103 Å². The summed E-state index contributed by atoms with van der Waals surface area (Å²) in [5.41, 5.74) is 4.90. The van der Waals surface area contributed by atoms with Crippen LogP contribution in [0.3, 0.4) is 0 Å². The molecular weight excluding hydrogens is 346 g/mol. The largest absolute Gasteiger partial charge is 0.324 e. The van der Waals surface area contributed by atoms with E-state index >= 15 is 0 Å². The first kappa shape index (κ1) is 18.2. The number of benzene rings is 2. The molecule has 0 saturated heterocycles. The SMILES string of the molecule is c1ccn(-c2ccc(CNCCNCc3ccc(-n4ccnc4)cc3)cc2)c1. The molecule has 0 saturated carbocycles. The van der Waals surface area contributed by atoms with E-state index in [1.54, 1.807) is 6.20 Å². The van der Waals surface area contributed by atoms with Crippen molar-refractivity contribution in [2.45, 2.75) is 13.1 Å². The lowest BCUT2D eigenvalue weighted by Crippen LogP contribution is -2.26. The van der Waals surface area contributed by atoms with E-state index in [9.17, 15) is 0 Å². The van der Waals surface area contributed by atoms with Gasteiger partial charge in [0.15, 0.2) is 0 Å². The second-order valence-electron chi connectivity index (χ2n) is 6.75. The molecule has 0 bridgehead atoms. The van der Waals surface area contributed by atoms with Gasteiger partial charge < -0.3 is 19.8 Å². The third-order valence-corrected chi connectivity index (χ3v) is 4.71. The normalized spacial score (nSPS) is 11.0. The number of imidazole rings is 1. The minimum atomic E-state index is 0.872. The first-order valence-corrected chi connectivity index (χ1v) is 9.59. The van der Waals surface area contributed by atoms with Gasteiger partial charge in [-0.25, -0.2) is 4.98 Å². The molecule has 0 aliphatic carbocycles. The van der Waals surface area contributed by atoms with Crippen LogP contribution in [0.15, 0.2) is 91.8 Å². The average Bonchev–Trinajstić information content (AvgIpc) is 3.46. The van der Waals surface area contributed by atoms with Gasteiger partial charge in [0.1, 0.15) is 0 Å². The third-order valence-electron chi connectivity index (χ3n) is 4.71. The second-order valence-corrected chi connectivity index (χ2v) is 6.75. The maximum absolute atomic E-state index is 4.08. The molecule has 5 nitrogen and oxygen atoms in total. The van der Waals surface area contributed by atoms with Gasteiger partial charge in [0.2, 0.25) is 0 Å². The standard InChI is InChI=1S/C23H25N5/c1-2-15-27(14-1)22-7-3-20(4-8-22)17-24-11-12-25-18-21-5-9-23(10-6-21)28-16-13-26-19-28/h1-10,13-16,19,24-25H,11-12,17-18H2. The zero-order chi connectivity index (χ0) is 19.0. The molecule has 2 aromatic carbocycles. The Morgan fingerprint density at radius 2 is 1.18 bits per heavy atom. The van der Waals surface area contributed by atoms with Crippen LogP contribution in [-0.2, 0) is 13.1 Å². The van der Waals surface area contributed by atoms with Gasteiger partial charge in [0.05, 0.1) is 6.33 Å². The Hall–Kier alpha value is -3.15. The number of nitrogens with zero attached hydrogens (tertiary/aromatic N) is 3. The number of rotatable bonds is 9. The second kappa shape index (κ2) is 9.17. The first-order valence-electron chi connectivity index (χ1n) is 9.59. The van der Waals surface area contributed by atoms with Crippen molar-refractivity contribution in [1.82, 2.24) is 24.8 Å². The number of hydrogen-bond donors (Lipinski definition) is 2. The fourth-order valence-corrected chi connectivity index (χ4v) is 3.13. The summed E-state index contributed by atoms with van der Waals surface area (Å²) in [6.45, 7) is 3.63. The maximum Gasteiger partial charge on any atom is 0.0991 e. The monoisotopic (exact) mass is 371 g/mol. The van der Waals surface area contributed by atoms with Crippen LogP contribution in [0.2, 0.25) is 0 Å². The molecule has 2 N–H and O–H groups in total. The Morgan fingerprint density at radius 3 is 1.68 bits per heavy atom. The van der Waals surface area contributed by atoms with E-state index in [-0.39, 0.29) is 0 Å². The summed E-state index contributed by atoms with van der Waals surface area (Å²) in [6.07, 6.45) is 9.67. The Bertz CT molecular complexity index is 858. The Labute approximate surface area is 165 Å². The summed E-state index contributed by atoms with van der Waals surface area (Å²) in [5, 5.41) is 6.98. The lowest BCUT2D eigenvalue weighted by atomic mass is 10.2. The molecule has 5 heteroatoms. The van der Waals surface area contributed by atoms with Crippen LogP contribution in [-0.4, -0.2) is 27.2 Å². The van der Waals surface area contributed by atoms with Gasteiger partial charge in [0.25, 0.3) is 0 Å². The number of hydrogen-bond acceptors (Lipinski definition) is 3. The molecular formula is C23H25N5. The minimum Gasteiger partial charge on any atom is -0.324 e. The molecule has 0 radical (unpaired) electrons. The highest BCUT2D eigenvalue weighted by Crippen LogP contribution is 2.10. The molecule has 28 heavy (non-hydrogen) atoms. The summed E-state index contributed by atoms with van der Waals surface area (Å²) >= 11 is 0. The molecule has 0 fully saturated rings. The summed E-state index contributed by atoms with van der Waals surface area (Å²) in [6, 6.07) is 21.3. The third kappa shape index (κ3) is 4.76. The van der Waals surface area contributed by atoms with Crippen LogP contribution in [0.1, 0.15) is 11.1 Å². The average molecular weight is 371 g/mol. The molecule has 0 amide bonds. The summed E-state index contributed by atoms with van der Waals surface area (Å²) in [4.78, 5) is 4.08. The van der Waals surface area contributed by atoms with Gasteiger partial charge >= 0.3 is 0 Å². The highest BCUT2D eigenvalue weighted by Gasteiger charge is 1.98. The van der Waals surface area contributed by atoms with Crippen molar-refractivity contribution >= 4 is 0 Å². The predicted molar refractivity (Wildman–Crippen MR) is 113 cm³/mol. The van der Waals surface area contributed by atoms with Gasteiger partial charge in [-0.1, -0.05) is 24.3 Å². The van der Waals surface area contributed by atoms with E-state index < -0.39 is 0 Å². The van der Waals surface area contributed by atoms with Gasteiger partial charge in [-0.2, -0.15) is 0 Å². The highest BCUT2D eigenvalue weighted by molar-refractivity contribution is 5.35. The zero-order valence-electron chi connectivity index (χ0n) is 15.8. The van der Waals surface area contributed by atoms with Crippen LogP contribution < -0.4 is 10.6 Å². The lowest BCUT2D eigenvalue weighted by molar-refractivity contribution is 0.611. The van der Waals surface area contributed by atoms with E-state index in [4.69, 9.17) is 0 Å². The van der Waals surface area contributed by atoms with Gasteiger partial charge in [-0.15, -0.1) is 0 Å². The topological polar surface area (TPSA) is 46.8 Å². The van der Waals surface area contributed by atoms with Gasteiger partial charge in [0, 0.05) is 62.3 Å². The van der Waals surface area contributed by atoms with Crippen LogP contribution in [0.5, 0.6) is 0 Å². The summed E-state index contributed by atoms with van der Waals surface area (Å²) in [7, 11) is 0. The molecule has 4 aromatic rings. The summed E-state index contributed by atoms with van der Waals surface area (Å²) < 4.78 is 4.12. The maximum atomic E-state index is 4.08. The smallest absolute Gasteiger partial charge is 0.0991 e. The molecule has 0 unspecified atom stereocenters. The molecule has 2 aromatic heterocycles. The van der Waals surface area contributed by atoms with Crippen molar-refractivity contribution in [2.75, 3.05) is 13.1 Å². The van der Waals surface area contributed by atoms with E-state index in [1.807, 2.05) is 29.2 Å². The van der Waals surface area contributed by atoms with E-state index in [0.29, 0.717) is 0 Å². The fraction of sp³-hybridized carbons (Fsp3) is 0.174. The summed E-state index contributed by atoms with van der Waals surface area (Å²) in [5.74, 6) is 0. The van der Waals surface area contributed by atoms with E-state index in [0.717, 1.165) is 31.9 Å². The van der Waals surface area contributed by atoms with E-state index in [1.165, 1.54) is 16.8 Å². The van der Waals surface area contributed by atoms with Gasteiger partial charge in [-0.3, -0.25) is 0 Å². The number of aromatic nitrogens is 3. The Morgan fingerprint density at radius 1 is 0.643 bits per heavy atom. The predicted octanol–water partition coefficient (Wildman–Crippen LogP) is 3.54. The van der Waals surface area contributed by atoms with Crippen molar-refractivity contribution in [1.29, 1.82) is 0 Å². The van der Waals surface area contributed by atoms with Crippen LogP contribution in [0, 0.1) is 0 Å². The molecule has 0 aliphatic heterocycles. The quantitative estimate of drug-likeness (QED) is 0.443. The minimum absolute atomic E-state index is 0.872. The molecule has 2 heterocycles.